The Hall–Kier alpha value is -1.48. The molecule has 0 amide bonds. The average Bonchev–Trinajstić information content (AvgIpc) is 2.37. The first-order chi connectivity index (χ1) is 9.58. The van der Waals surface area contributed by atoms with Crippen molar-refractivity contribution in [3.63, 3.8) is 0 Å². The van der Waals surface area contributed by atoms with Crippen LogP contribution >= 0.6 is 0 Å². The SMILES string of the molecule is COc1ccc(C/C=C/C(C)C)cc1O[C@H]1C[C@H](N)C1. The lowest BCUT2D eigenvalue weighted by Crippen LogP contribution is -2.43. The first-order valence-corrected chi connectivity index (χ1v) is 7.34. The zero-order chi connectivity index (χ0) is 14.5. The normalized spacial score (nSPS) is 22.1. The van der Waals surface area contributed by atoms with E-state index in [0.717, 1.165) is 30.8 Å². The molecule has 0 radical (unpaired) electrons. The van der Waals surface area contributed by atoms with E-state index in [9.17, 15) is 0 Å². The molecule has 0 aromatic heterocycles. The lowest BCUT2D eigenvalue weighted by Gasteiger charge is -2.33. The Bertz CT molecular complexity index is 462. The molecule has 110 valence electrons. The largest absolute Gasteiger partial charge is 0.493 e. The van der Waals surface area contributed by atoms with Crippen molar-refractivity contribution in [2.45, 2.75) is 45.3 Å². The quantitative estimate of drug-likeness (QED) is 0.810. The molecule has 1 fully saturated rings. The molecule has 1 saturated carbocycles. The molecule has 0 aliphatic heterocycles. The molecule has 3 heteroatoms. The van der Waals surface area contributed by atoms with E-state index in [4.69, 9.17) is 15.2 Å². The van der Waals surface area contributed by atoms with Crippen LogP contribution in [-0.2, 0) is 6.42 Å². The maximum absolute atomic E-state index is 5.98. The van der Waals surface area contributed by atoms with Crippen molar-refractivity contribution in [3.05, 3.63) is 35.9 Å². The summed E-state index contributed by atoms with van der Waals surface area (Å²) in [6.45, 7) is 4.36. The van der Waals surface area contributed by atoms with E-state index in [-0.39, 0.29) is 6.10 Å². The summed E-state index contributed by atoms with van der Waals surface area (Å²) < 4.78 is 11.3. The predicted octanol–water partition coefficient (Wildman–Crippen LogP) is 3.32. The van der Waals surface area contributed by atoms with Gasteiger partial charge in [-0.3, -0.25) is 0 Å². The molecule has 0 bridgehead atoms. The molecule has 0 spiro atoms. The number of rotatable bonds is 6. The van der Waals surface area contributed by atoms with Crippen molar-refractivity contribution >= 4 is 0 Å². The van der Waals surface area contributed by atoms with Gasteiger partial charge >= 0.3 is 0 Å². The van der Waals surface area contributed by atoms with Crippen LogP contribution in [0.2, 0.25) is 0 Å². The minimum Gasteiger partial charge on any atom is -0.493 e. The molecule has 1 aliphatic rings. The molecular formula is C17H25NO2. The Morgan fingerprint density at radius 1 is 1.30 bits per heavy atom. The van der Waals surface area contributed by atoms with Crippen LogP contribution < -0.4 is 15.2 Å². The summed E-state index contributed by atoms with van der Waals surface area (Å²) in [6, 6.07) is 6.44. The van der Waals surface area contributed by atoms with Crippen LogP contribution in [0, 0.1) is 5.92 Å². The molecule has 1 aromatic rings. The standard InChI is InChI=1S/C17H25NO2/c1-12(2)5-4-6-13-7-8-16(19-3)17(9-13)20-15-10-14(18)11-15/h4-5,7-9,12,14-15H,6,10-11,18H2,1-3H3/b5-4+/t14-,15-. The molecule has 0 unspecified atom stereocenters. The summed E-state index contributed by atoms with van der Waals surface area (Å²) in [5.41, 5.74) is 7.03. The molecule has 2 N–H and O–H groups in total. The number of hydrogen-bond donors (Lipinski definition) is 1. The minimum absolute atomic E-state index is 0.236. The van der Waals surface area contributed by atoms with Crippen molar-refractivity contribution in [1.29, 1.82) is 0 Å². The fraction of sp³-hybridized carbons (Fsp3) is 0.529. The van der Waals surface area contributed by atoms with Gasteiger partial charge in [0, 0.05) is 6.04 Å². The van der Waals surface area contributed by atoms with Crippen molar-refractivity contribution in [1.82, 2.24) is 0 Å². The van der Waals surface area contributed by atoms with Gasteiger partial charge in [-0.05, 0) is 42.9 Å². The van der Waals surface area contributed by atoms with E-state index in [1.165, 1.54) is 5.56 Å². The van der Waals surface area contributed by atoms with E-state index in [2.05, 4.69) is 38.1 Å². The molecule has 2 rings (SSSR count). The van der Waals surface area contributed by atoms with Crippen molar-refractivity contribution in [2.75, 3.05) is 7.11 Å². The van der Waals surface area contributed by atoms with E-state index in [0.29, 0.717) is 12.0 Å². The van der Waals surface area contributed by atoms with Crippen LogP contribution in [0.1, 0.15) is 32.3 Å². The molecule has 0 atom stereocenters. The first kappa shape index (κ1) is 14.9. The molecule has 1 aromatic carbocycles. The highest BCUT2D eigenvalue weighted by Crippen LogP contribution is 2.33. The molecule has 20 heavy (non-hydrogen) atoms. The van der Waals surface area contributed by atoms with Crippen LogP contribution in [0.3, 0.4) is 0 Å². The van der Waals surface area contributed by atoms with Crippen LogP contribution in [0.5, 0.6) is 11.5 Å². The van der Waals surface area contributed by atoms with Crippen molar-refractivity contribution < 1.29 is 9.47 Å². The van der Waals surface area contributed by atoms with Crippen LogP contribution in [-0.4, -0.2) is 19.3 Å². The molecule has 3 nitrogen and oxygen atoms in total. The maximum atomic E-state index is 5.98. The van der Waals surface area contributed by atoms with Crippen LogP contribution in [0.4, 0.5) is 0 Å². The Kier molecular flexibility index (Phi) is 5.07. The number of hydrogen-bond acceptors (Lipinski definition) is 3. The van der Waals surface area contributed by atoms with Gasteiger partial charge < -0.3 is 15.2 Å². The molecule has 1 aliphatic carbocycles. The van der Waals surface area contributed by atoms with Gasteiger partial charge in [0.05, 0.1) is 7.11 Å². The third-order valence-electron chi connectivity index (χ3n) is 3.53. The van der Waals surface area contributed by atoms with Crippen LogP contribution in [0.25, 0.3) is 0 Å². The second-order valence-corrected chi connectivity index (χ2v) is 5.83. The van der Waals surface area contributed by atoms with E-state index < -0.39 is 0 Å². The number of benzene rings is 1. The van der Waals surface area contributed by atoms with Gasteiger partial charge in [0.25, 0.3) is 0 Å². The minimum atomic E-state index is 0.236. The number of ether oxygens (including phenoxy) is 2. The van der Waals surface area contributed by atoms with E-state index >= 15 is 0 Å². The maximum Gasteiger partial charge on any atom is 0.161 e. The summed E-state index contributed by atoms with van der Waals surface area (Å²) >= 11 is 0. The summed E-state index contributed by atoms with van der Waals surface area (Å²) in [5, 5.41) is 0. The summed E-state index contributed by atoms with van der Waals surface area (Å²) in [6.07, 6.45) is 7.44. The Morgan fingerprint density at radius 2 is 2.05 bits per heavy atom. The van der Waals surface area contributed by atoms with Crippen LogP contribution in [0.15, 0.2) is 30.4 Å². The summed E-state index contributed by atoms with van der Waals surface area (Å²) in [7, 11) is 1.67. The van der Waals surface area contributed by atoms with Gasteiger partial charge in [-0.1, -0.05) is 32.1 Å². The fourth-order valence-electron chi connectivity index (χ4n) is 2.30. The average molecular weight is 275 g/mol. The van der Waals surface area contributed by atoms with Gasteiger partial charge in [-0.2, -0.15) is 0 Å². The van der Waals surface area contributed by atoms with E-state index in [1.54, 1.807) is 7.11 Å². The number of nitrogens with two attached hydrogens (primary N) is 1. The second kappa shape index (κ2) is 6.80. The highest BCUT2D eigenvalue weighted by molar-refractivity contribution is 5.43. The second-order valence-electron chi connectivity index (χ2n) is 5.83. The van der Waals surface area contributed by atoms with Gasteiger partial charge in [0.15, 0.2) is 11.5 Å². The molecule has 0 saturated heterocycles. The number of methoxy groups -OCH3 is 1. The van der Waals surface area contributed by atoms with Gasteiger partial charge in [-0.25, -0.2) is 0 Å². The molecule has 0 heterocycles. The number of allylic oxidation sites excluding steroid dienone is 2. The van der Waals surface area contributed by atoms with Crippen molar-refractivity contribution in [2.24, 2.45) is 11.7 Å². The molecular weight excluding hydrogens is 250 g/mol. The first-order valence-electron chi connectivity index (χ1n) is 7.34. The zero-order valence-corrected chi connectivity index (χ0v) is 12.6. The highest BCUT2D eigenvalue weighted by atomic mass is 16.5. The summed E-state index contributed by atoms with van der Waals surface area (Å²) in [4.78, 5) is 0. The lowest BCUT2D eigenvalue weighted by molar-refractivity contribution is 0.0972. The Balaban J connectivity index is 2.03. The fourth-order valence-corrected chi connectivity index (χ4v) is 2.30. The monoisotopic (exact) mass is 275 g/mol. The van der Waals surface area contributed by atoms with Gasteiger partial charge in [0.1, 0.15) is 6.10 Å². The Labute approximate surface area is 121 Å². The third kappa shape index (κ3) is 4.01. The summed E-state index contributed by atoms with van der Waals surface area (Å²) in [5.74, 6) is 2.21. The van der Waals surface area contributed by atoms with Gasteiger partial charge in [-0.15, -0.1) is 0 Å². The topological polar surface area (TPSA) is 44.5 Å². The predicted molar refractivity (Wildman–Crippen MR) is 82.3 cm³/mol. The highest BCUT2D eigenvalue weighted by Gasteiger charge is 2.28. The smallest absolute Gasteiger partial charge is 0.161 e. The van der Waals surface area contributed by atoms with E-state index in [1.807, 2.05) is 6.07 Å². The van der Waals surface area contributed by atoms with Crippen molar-refractivity contribution in [3.8, 4) is 11.5 Å². The Morgan fingerprint density at radius 3 is 2.65 bits per heavy atom. The third-order valence-corrected chi connectivity index (χ3v) is 3.53. The lowest BCUT2D eigenvalue weighted by atomic mass is 9.90. The zero-order valence-electron chi connectivity index (χ0n) is 12.6. The van der Waals surface area contributed by atoms with Gasteiger partial charge in [0.2, 0.25) is 0 Å².